The smallest absolute Gasteiger partial charge is 0.745 e. The first kappa shape index (κ1) is 58.4. The Hall–Kier alpha value is -2.60. The summed E-state index contributed by atoms with van der Waals surface area (Å²) in [6.45, 7) is 8.18. The standard InChI is InChI=1S/2C22H34O7S.Ca/c2*1-3-5-6-7-8-9-10-13-17-28-21(23)18-15-11-12-16-19(18)22(24)29-20(14-4-2)30(25,26)27;/h2*11-12,15-16,20H,3-10,13-14,17H2,1-2H3,(H,25,26,27);/q;;+2/p-2. The number of ether oxygens (including phenoxy) is 4. The Morgan fingerprint density at radius 3 is 0.967 bits per heavy atom. The molecule has 2 rings (SSSR count). The second-order valence-corrected chi connectivity index (χ2v) is 17.6. The molecule has 0 aliphatic carbocycles. The van der Waals surface area contributed by atoms with E-state index in [0.717, 1.165) is 38.5 Å². The molecular weight excluding hydrogens is 857 g/mol. The summed E-state index contributed by atoms with van der Waals surface area (Å²) in [5.41, 5.74) is -3.83. The number of rotatable bonds is 30. The van der Waals surface area contributed by atoms with Crippen molar-refractivity contribution >= 4 is 81.9 Å². The minimum Gasteiger partial charge on any atom is -0.745 e. The number of benzene rings is 2. The van der Waals surface area contributed by atoms with Crippen molar-refractivity contribution in [2.24, 2.45) is 0 Å². The van der Waals surface area contributed by atoms with Gasteiger partial charge in [-0.05, 0) is 49.9 Å². The molecule has 2 aromatic carbocycles. The van der Waals surface area contributed by atoms with E-state index in [2.05, 4.69) is 13.8 Å². The molecule has 0 radical (unpaired) electrons. The van der Waals surface area contributed by atoms with E-state index in [-0.39, 0.29) is 86.0 Å². The van der Waals surface area contributed by atoms with Gasteiger partial charge in [0.1, 0.15) is 20.2 Å². The Labute approximate surface area is 394 Å². The zero-order chi connectivity index (χ0) is 44.8. The van der Waals surface area contributed by atoms with E-state index in [1.807, 2.05) is 0 Å². The van der Waals surface area contributed by atoms with Crippen molar-refractivity contribution in [3.63, 3.8) is 0 Å². The molecule has 17 heteroatoms. The molecule has 340 valence electrons. The number of hydrogen-bond donors (Lipinski definition) is 0. The summed E-state index contributed by atoms with van der Waals surface area (Å²) in [4.78, 5) is 49.5. The van der Waals surface area contributed by atoms with Crippen LogP contribution >= 0.6 is 0 Å². The van der Waals surface area contributed by atoms with Crippen molar-refractivity contribution in [2.45, 2.75) is 167 Å². The summed E-state index contributed by atoms with van der Waals surface area (Å²) in [6.07, 6.45) is 18.3. The van der Waals surface area contributed by atoms with Gasteiger partial charge in [0.15, 0.2) is 10.9 Å². The Balaban J connectivity index is 0.00000116. The largest absolute Gasteiger partial charge is 2.00 e. The average molecular weight is 923 g/mol. The summed E-state index contributed by atoms with van der Waals surface area (Å²) >= 11 is 0. The molecule has 0 heterocycles. The van der Waals surface area contributed by atoms with E-state index in [4.69, 9.17) is 18.9 Å². The van der Waals surface area contributed by atoms with Gasteiger partial charge in [-0.1, -0.05) is 155 Å². The van der Waals surface area contributed by atoms with E-state index >= 15 is 0 Å². The Bertz CT molecular complexity index is 1650. The number of esters is 4. The zero-order valence-corrected chi connectivity index (χ0v) is 40.4. The average Bonchev–Trinajstić information content (AvgIpc) is 3.21. The minimum atomic E-state index is -4.80. The van der Waals surface area contributed by atoms with Crippen LogP contribution in [-0.4, -0.2) is 112 Å². The monoisotopic (exact) mass is 922 g/mol. The quantitative estimate of drug-likeness (QED) is 0.0234. The molecule has 0 bridgehead atoms. The van der Waals surface area contributed by atoms with Gasteiger partial charge in [0, 0.05) is 0 Å². The van der Waals surface area contributed by atoms with Crippen LogP contribution < -0.4 is 0 Å². The molecule has 0 aliphatic heterocycles. The van der Waals surface area contributed by atoms with E-state index in [1.54, 1.807) is 26.0 Å². The van der Waals surface area contributed by atoms with Crippen LogP contribution in [0.4, 0.5) is 0 Å². The predicted octanol–water partition coefficient (Wildman–Crippen LogP) is 9.24. The molecule has 0 saturated heterocycles. The van der Waals surface area contributed by atoms with Crippen LogP contribution in [0, 0.1) is 0 Å². The SMILES string of the molecule is CCCCCCCCCCOC(=O)c1ccccc1C(=O)OC(CCC)S(=O)(=O)[O-].CCCCCCCCCCOC(=O)c1ccccc1C(=O)OC(CCC)S(=O)(=O)[O-].[Ca+2]. The first-order valence-electron chi connectivity index (χ1n) is 21.5. The molecule has 0 N–H and O–H groups in total. The molecule has 0 aromatic heterocycles. The van der Waals surface area contributed by atoms with Gasteiger partial charge in [0.25, 0.3) is 0 Å². The van der Waals surface area contributed by atoms with Crippen molar-refractivity contribution in [2.75, 3.05) is 13.2 Å². The van der Waals surface area contributed by atoms with E-state index in [9.17, 15) is 45.1 Å². The van der Waals surface area contributed by atoms with Crippen molar-refractivity contribution in [1.82, 2.24) is 0 Å². The topological polar surface area (TPSA) is 220 Å². The van der Waals surface area contributed by atoms with Crippen molar-refractivity contribution < 1.29 is 64.1 Å². The molecule has 0 amide bonds. The number of hydrogen-bond acceptors (Lipinski definition) is 14. The molecule has 61 heavy (non-hydrogen) atoms. The van der Waals surface area contributed by atoms with Crippen LogP contribution in [0.15, 0.2) is 48.5 Å². The van der Waals surface area contributed by atoms with Gasteiger partial charge in [-0.25, -0.2) is 36.0 Å². The summed E-state index contributed by atoms with van der Waals surface area (Å²) < 4.78 is 88.0. The second kappa shape index (κ2) is 33.9. The van der Waals surface area contributed by atoms with Crippen LogP contribution in [0.2, 0.25) is 0 Å². The van der Waals surface area contributed by atoms with Gasteiger partial charge in [-0.3, -0.25) is 0 Å². The van der Waals surface area contributed by atoms with Gasteiger partial charge in [-0.15, -0.1) is 0 Å². The van der Waals surface area contributed by atoms with Crippen molar-refractivity contribution in [3.8, 4) is 0 Å². The fraction of sp³-hybridized carbons (Fsp3) is 0.636. The molecule has 0 spiro atoms. The number of carbonyl (C=O) groups is 4. The maximum atomic E-state index is 12.4. The molecule has 0 fully saturated rings. The van der Waals surface area contributed by atoms with Crippen molar-refractivity contribution in [1.29, 1.82) is 0 Å². The zero-order valence-electron chi connectivity index (χ0n) is 36.6. The molecule has 2 atom stereocenters. The van der Waals surface area contributed by atoms with Gasteiger partial charge >= 0.3 is 61.6 Å². The van der Waals surface area contributed by atoms with Gasteiger partial charge in [0.05, 0.1) is 35.5 Å². The van der Waals surface area contributed by atoms with Gasteiger partial charge < -0.3 is 28.1 Å². The first-order chi connectivity index (χ1) is 28.6. The molecule has 0 aliphatic rings. The Morgan fingerprint density at radius 2 is 0.705 bits per heavy atom. The van der Waals surface area contributed by atoms with Crippen LogP contribution in [0.25, 0.3) is 0 Å². The van der Waals surface area contributed by atoms with E-state index < -0.39 is 55.0 Å². The Morgan fingerprint density at radius 1 is 0.443 bits per heavy atom. The molecule has 2 unspecified atom stereocenters. The summed E-state index contributed by atoms with van der Waals surface area (Å²) in [6, 6.07) is 11.7. The maximum Gasteiger partial charge on any atom is 2.00 e. The third-order valence-electron chi connectivity index (χ3n) is 9.37. The number of unbranched alkanes of at least 4 members (excludes halogenated alkanes) is 14. The fourth-order valence-electron chi connectivity index (χ4n) is 6.00. The predicted molar refractivity (Wildman–Crippen MR) is 232 cm³/mol. The molecular formula is C44H66CaO14S2. The van der Waals surface area contributed by atoms with Crippen LogP contribution in [0.3, 0.4) is 0 Å². The van der Waals surface area contributed by atoms with E-state index in [1.165, 1.54) is 101 Å². The molecule has 14 nitrogen and oxygen atoms in total. The summed E-state index contributed by atoms with van der Waals surface area (Å²) in [5, 5.41) is 0. The van der Waals surface area contributed by atoms with Crippen LogP contribution in [0.1, 0.15) is 198 Å². The minimum absolute atomic E-state index is 0. The molecule has 0 saturated carbocycles. The summed E-state index contributed by atoms with van der Waals surface area (Å²) in [7, 11) is -9.61. The van der Waals surface area contributed by atoms with E-state index in [0.29, 0.717) is 12.8 Å². The van der Waals surface area contributed by atoms with Gasteiger partial charge in [-0.2, -0.15) is 0 Å². The van der Waals surface area contributed by atoms with Crippen molar-refractivity contribution in [3.05, 3.63) is 70.8 Å². The van der Waals surface area contributed by atoms with Crippen LogP contribution in [-0.2, 0) is 39.2 Å². The number of carbonyl (C=O) groups excluding carboxylic acids is 4. The Kier molecular flexibility index (Phi) is 32.4. The summed E-state index contributed by atoms with van der Waals surface area (Å²) in [5.74, 6) is -3.43. The maximum absolute atomic E-state index is 12.4. The fourth-order valence-corrected chi connectivity index (χ4v) is 7.46. The molecule has 2 aromatic rings. The first-order valence-corrected chi connectivity index (χ1v) is 24.4. The van der Waals surface area contributed by atoms with Gasteiger partial charge in [0.2, 0.25) is 0 Å². The third kappa shape index (κ3) is 25.3. The second-order valence-electron chi connectivity index (χ2n) is 14.5. The third-order valence-corrected chi connectivity index (χ3v) is 11.3. The normalized spacial score (nSPS) is 12.2. The van der Waals surface area contributed by atoms with Crippen LogP contribution in [0.5, 0.6) is 0 Å².